The summed E-state index contributed by atoms with van der Waals surface area (Å²) in [5, 5.41) is 8.94. The van der Waals surface area contributed by atoms with E-state index in [-0.39, 0.29) is 6.10 Å². The molecule has 1 unspecified atom stereocenters. The highest BCUT2D eigenvalue weighted by Crippen LogP contribution is 2.02. The molecule has 0 heterocycles. The fourth-order valence-electron chi connectivity index (χ4n) is 0.900. The monoisotopic (exact) mass is 156 g/mol. The van der Waals surface area contributed by atoms with Gasteiger partial charge in [0.15, 0.2) is 0 Å². The molecule has 0 saturated carbocycles. The third kappa shape index (κ3) is 9.70. The SMILES string of the molecule is CC(C)C=CCCCC(C)O. The summed E-state index contributed by atoms with van der Waals surface area (Å²) in [5.41, 5.74) is 0. The highest BCUT2D eigenvalue weighted by molar-refractivity contribution is 4.84. The molecule has 0 radical (unpaired) electrons. The molecular formula is C10H20O. The zero-order valence-electron chi connectivity index (χ0n) is 7.88. The first-order valence-electron chi connectivity index (χ1n) is 4.47. The predicted molar refractivity (Wildman–Crippen MR) is 49.5 cm³/mol. The molecule has 0 aliphatic rings. The van der Waals surface area contributed by atoms with E-state index in [9.17, 15) is 0 Å². The summed E-state index contributed by atoms with van der Waals surface area (Å²) >= 11 is 0. The second-order valence-corrected chi connectivity index (χ2v) is 3.45. The Hall–Kier alpha value is -0.300. The molecule has 1 nitrogen and oxygen atoms in total. The van der Waals surface area contributed by atoms with E-state index in [1.165, 1.54) is 0 Å². The van der Waals surface area contributed by atoms with E-state index < -0.39 is 0 Å². The van der Waals surface area contributed by atoms with Gasteiger partial charge in [-0.15, -0.1) is 0 Å². The van der Waals surface area contributed by atoms with Crippen LogP contribution in [0.25, 0.3) is 0 Å². The molecule has 66 valence electrons. The second-order valence-electron chi connectivity index (χ2n) is 3.45. The minimum absolute atomic E-state index is 0.137. The van der Waals surface area contributed by atoms with E-state index in [0.29, 0.717) is 5.92 Å². The maximum Gasteiger partial charge on any atom is 0.0512 e. The maximum atomic E-state index is 8.94. The number of hydrogen-bond acceptors (Lipinski definition) is 1. The molecule has 1 atom stereocenters. The van der Waals surface area contributed by atoms with Crippen LogP contribution in [0.15, 0.2) is 12.2 Å². The number of aliphatic hydroxyl groups excluding tert-OH is 1. The molecule has 1 N–H and O–H groups in total. The Balaban J connectivity index is 3.14. The molecule has 0 aromatic carbocycles. The van der Waals surface area contributed by atoms with Gasteiger partial charge in [0.1, 0.15) is 0 Å². The molecule has 0 saturated heterocycles. The average Bonchev–Trinajstić information content (AvgIpc) is 1.85. The van der Waals surface area contributed by atoms with Gasteiger partial charge in [0.25, 0.3) is 0 Å². The van der Waals surface area contributed by atoms with Gasteiger partial charge in [-0.05, 0) is 32.1 Å². The molecule has 0 fully saturated rings. The maximum absolute atomic E-state index is 8.94. The van der Waals surface area contributed by atoms with Gasteiger partial charge in [0.05, 0.1) is 6.10 Å². The number of aliphatic hydroxyl groups is 1. The Morgan fingerprint density at radius 2 is 1.91 bits per heavy atom. The van der Waals surface area contributed by atoms with Crippen LogP contribution in [0, 0.1) is 5.92 Å². The van der Waals surface area contributed by atoms with Gasteiger partial charge in [-0.2, -0.15) is 0 Å². The van der Waals surface area contributed by atoms with Gasteiger partial charge in [0.2, 0.25) is 0 Å². The van der Waals surface area contributed by atoms with E-state index in [4.69, 9.17) is 5.11 Å². The molecule has 0 amide bonds. The van der Waals surface area contributed by atoms with Crippen molar-refractivity contribution in [1.82, 2.24) is 0 Å². The van der Waals surface area contributed by atoms with Crippen LogP contribution in [-0.2, 0) is 0 Å². The van der Waals surface area contributed by atoms with Crippen LogP contribution in [0.4, 0.5) is 0 Å². The van der Waals surface area contributed by atoms with Crippen molar-refractivity contribution >= 4 is 0 Å². The molecule has 0 spiro atoms. The Kier molecular flexibility index (Phi) is 6.24. The zero-order valence-corrected chi connectivity index (χ0v) is 7.88. The van der Waals surface area contributed by atoms with Crippen LogP contribution in [0.3, 0.4) is 0 Å². The highest BCUT2D eigenvalue weighted by Gasteiger charge is 1.92. The third-order valence-corrected chi connectivity index (χ3v) is 1.51. The van der Waals surface area contributed by atoms with Crippen molar-refractivity contribution in [1.29, 1.82) is 0 Å². The normalized spacial score (nSPS) is 14.6. The van der Waals surface area contributed by atoms with Crippen molar-refractivity contribution in [3.05, 3.63) is 12.2 Å². The largest absolute Gasteiger partial charge is 0.393 e. The summed E-state index contributed by atoms with van der Waals surface area (Å²) < 4.78 is 0. The van der Waals surface area contributed by atoms with Crippen LogP contribution >= 0.6 is 0 Å². The van der Waals surface area contributed by atoms with Crippen molar-refractivity contribution in [2.75, 3.05) is 0 Å². The Bertz CT molecular complexity index is 103. The van der Waals surface area contributed by atoms with Crippen molar-refractivity contribution in [2.24, 2.45) is 5.92 Å². The minimum Gasteiger partial charge on any atom is -0.393 e. The van der Waals surface area contributed by atoms with Gasteiger partial charge in [-0.1, -0.05) is 26.0 Å². The van der Waals surface area contributed by atoms with Crippen LogP contribution in [0.2, 0.25) is 0 Å². The molecular weight excluding hydrogens is 136 g/mol. The first-order chi connectivity index (χ1) is 5.13. The first kappa shape index (κ1) is 10.7. The molecule has 1 heteroatoms. The Morgan fingerprint density at radius 1 is 1.27 bits per heavy atom. The van der Waals surface area contributed by atoms with Crippen LogP contribution < -0.4 is 0 Å². The van der Waals surface area contributed by atoms with E-state index in [1.54, 1.807) is 0 Å². The van der Waals surface area contributed by atoms with Crippen molar-refractivity contribution in [3.8, 4) is 0 Å². The first-order valence-corrected chi connectivity index (χ1v) is 4.47. The lowest BCUT2D eigenvalue weighted by Gasteiger charge is -2.00. The lowest BCUT2D eigenvalue weighted by molar-refractivity contribution is 0.182. The summed E-state index contributed by atoms with van der Waals surface area (Å²) in [4.78, 5) is 0. The van der Waals surface area contributed by atoms with Gasteiger partial charge in [-0.25, -0.2) is 0 Å². The topological polar surface area (TPSA) is 20.2 Å². The van der Waals surface area contributed by atoms with Gasteiger partial charge in [0, 0.05) is 0 Å². The molecule has 0 aliphatic carbocycles. The van der Waals surface area contributed by atoms with Crippen LogP contribution in [0.1, 0.15) is 40.0 Å². The van der Waals surface area contributed by atoms with Gasteiger partial charge < -0.3 is 5.11 Å². The molecule has 0 aromatic rings. The third-order valence-electron chi connectivity index (χ3n) is 1.51. The lowest BCUT2D eigenvalue weighted by Crippen LogP contribution is -1.97. The number of hydrogen-bond donors (Lipinski definition) is 1. The van der Waals surface area contributed by atoms with Crippen molar-refractivity contribution in [2.45, 2.75) is 46.1 Å². The summed E-state index contributed by atoms with van der Waals surface area (Å²) in [5.74, 6) is 0.654. The van der Waals surface area contributed by atoms with Crippen molar-refractivity contribution < 1.29 is 5.11 Å². The van der Waals surface area contributed by atoms with E-state index >= 15 is 0 Å². The zero-order chi connectivity index (χ0) is 8.69. The quantitative estimate of drug-likeness (QED) is 0.479. The molecule has 0 rings (SSSR count). The van der Waals surface area contributed by atoms with Crippen LogP contribution in [0.5, 0.6) is 0 Å². The van der Waals surface area contributed by atoms with E-state index in [1.807, 2.05) is 6.92 Å². The van der Waals surface area contributed by atoms with Gasteiger partial charge >= 0.3 is 0 Å². The molecule has 0 aromatic heterocycles. The fourth-order valence-corrected chi connectivity index (χ4v) is 0.900. The molecule has 0 bridgehead atoms. The summed E-state index contributed by atoms with van der Waals surface area (Å²) in [6, 6.07) is 0. The summed E-state index contributed by atoms with van der Waals surface area (Å²) in [7, 11) is 0. The minimum atomic E-state index is -0.137. The van der Waals surface area contributed by atoms with Crippen molar-refractivity contribution in [3.63, 3.8) is 0 Å². The molecule has 11 heavy (non-hydrogen) atoms. The fraction of sp³-hybridized carbons (Fsp3) is 0.800. The predicted octanol–water partition coefficient (Wildman–Crippen LogP) is 2.75. The van der Waals surface area contributed by atoms with E-state index in [0.717, 1.165) is 19.3 Å². The summed E-state index contributed by atoms with van der Waals surface area (Å²) in [6.07, 6.45) is 7.39. The molecule has 0 aliphatic heterocycles. The summed E-state index contributed by atoms with van der Waals surface area (Å²) in [6.45, 7) is 6.18. The number of unbranched alkanes of at least 4 members (excludes halogenated alkanes) is 1. The Morgan fingerprint density at radius 3 is 2.36 bits per heavy atom. The average molecular weight is 156 g/mol. The van der Waals surface area contributed by atoms with Gasteiger partial charge in [-0.3, -0.25) is 0 Å². The standard InChI is InChI=1S/C10H20O/c1-9(2)7-5-4-6-8-10(3)11/h5,7,9-11H,4,6,8H2,1-3H3. The lowest BCUT2D eigenvalue weighted by atomic mass is 10.1. The number of allylic oxidation sites excluding steroid dienone is 2. The van der Waals surface area contributed by atoms with Crippen LogP contribution in [-0.4, -0.2) is 11.2 Å². The van der Waals surface area contributed by atoms with E-state index in [2.05, 4.69) is 26.0 Å². The number of rotatable bonds is 5. The highest BCUT2D eigenvalue weighted by atomic mass is 16.3. The smallest absolute Gasteiger partial charge is 0.0512 e. The Labute approximate surface area is 70.1 Å². The second kappa shape index (κ2) is 6.41.